The maximum atomic E-state index is 15.8. The summed E-state index contributed by atoms with van der Waals surface area (Å²) in [6.45, 7) is 11.2. The lowest BCUT2D eigenvalue weighted by atomic mass is 10.0. The van der Waals surface area contributed by atoms with Crippen molar-refractivity contribution in [1.82, 2.24) is 39.4 Å². The molecule has 0 N–H and O–H groups in total. The monoisotopic (exact) mass is 555 g/mol. The number of anilines is 1. The highest BCUT2D eigenvalue weighted by atomic mass is 19.1. The van der Waals surface area contributed by atoms with Gasteiger partial charge in [0.1, 0.15) is 17.2 Å². The van der Waals surface area contributed by atoms with E-state index < -0.39 is 11.5 Å². The highest BCUT2D eigenvalue weighted by Crippen LogP contribution is 2.33. The SMILES string of the molecule is C=CC(=O)N1CCN(c2nc(=O)n3c4nc(c(F)cc24)-c2cn(nn2)C/C=C\Cc2ccnc(C(C)C)c2-3)[C@@H](C)C1. The van der Waals surface area contributed by atoms with Crippen molar-refractivity contribution >= 4 is 22.8 Å². The Labute approximate surface area is 235 Å². The molecule has 0 saturated carbocycles. The Bertz CT molecular complexity index is 1770. The largest absolute Gasteiger partial charge is 0.355 e. The van der Waals surface area contributed by atoms with Gasteiger partial charge in [0.05, 0.1) is 29.5 Å². The summed E-state index contributed by atoms with van der Waals surface area (Å²) >= 11 is 0. The van der Waals surface area contributed by atoms with Crippen LogP contribution in [0, 0.1) is 5.82 Å². The number of hydrogen-bond acceptors (Lipinski definition) is 8. The second kappa shape index (κ2) is 10.3. The number of piperazine rings is 1. The molecule has 1 fully saturated rings. The number of rotatable bonds is 3. The van der Waals surface area contributed by atoms with Gasteiger partial charge < -0.3 is 9.80 Å². The van der Waals surface area contributed by atoms with E-state index in [0.717, 1.165) is 5.56 Å². The Morgan fingerprint density at radius 1 is 1.22 bits per heavy atom. The molecule has 6 rings (SSSR count). The Hall–Kier alpha value is -4.74. The van der Waals surface area contributed by atoms with Crippen molar-refractivity contribution in [2.45, 2.75) is 45.7 Å². The zero-order chi connectivity index (χ0) is 28.8. The lowest BCUT2D eigenvalue weighted by molar-refractivity contribution is -0.126. The molecule has 4 bridgehead atoms. The van der Waals surface area contributed by atoms with Crippen LogP contribution in [0.4, 0.5) is 10.2 Å². The van der Waals surface area contributed by atoms with E-state index in [1.54, 1.807) is 22.0 Å². The van der Waals surface area contributed by atoms with Crippen LogP contribution >= 0.6 is 0 Å². The first kappa shape index (κ1) is 26.5. The van der Waals surface area contributed by atoms with Gasteiger partial charge in [0, 0.05) is 31.9 Å². The number of hydrogen-bond donors (Lipinski definition) is 0. The summed E-state index contributed by atoms with van der Waals surface area (Å²) in [5, 5.41) is 8.66. The Kier molecular flexibility index (Phi) is 6.68. The van der Waals surface area contributed by atoms with Gasteiger partial charge in [-0.2, -0.15) is 4.98 Å². The fraction of sp³-hybridized carbons (Fsp3) is 0.345. The number of nitrogens with zero attached hydrogens (tertiary/aromatic N) is 9. The minimum atomic E-state index is -0.605. The Morgan fingerprint density at radius 2 is 2.05 bits per heavy atom. The first-order chi connectivity index (χ1) is 19.8. The van der Waals surface area contributed by atoms with E-state index in [1.807, 2.05) is 43.9 Å². The van der Waals surface area contributed by atoms with Gasteiger partial charge in [0.25, 0.3) is 0 Å². The molecule has 0 radical (unpaired) electrons. The summed E-state index contributed by atoms with van der Waals surface area (Å²) in [6, 6.07) is 3.05. The average molecular weight is 556 g/mol. The Morgan fingerprint density at radius 3 is 2.80 bits per heavy atom. The van der Waals surface area contributed by atoms with Crippen LogP contribution in [0.5, 0.6) is 0 Å². The molecule has 1 saturated heterocycles. The van der Waals surface area contributed by atoms with Crippen molar-refractivity contribution in [3.8, 4) is 17.1 Å². The molecule has 2 aliphatic rings. The first-order valence-electron chi connectivity index (χ1n) is 13.6. The molecule has 0 spiro atoms. The summed E-state index contributed by atoms with van der Waals surface area (Å²) < 4.78 is 18.9. The maximum Gasteiger partial charge on any atom is 0.355 e. The number of carbonyl (C=O) groups excluding carboxylic acids is 1. The van der Waals surface area contributed by atoms with E-state index in [9.17, 15) is 9.59 Å². The molecule has 4 aromatic heterocycles. The van der Waals surface area contributed by atoms with Crippen LogP contribution in [0.25, 0.3) is 28.1 Å². The molecule has 4 aromatic rings. The van der Waals surface area contributed by atoms with Gasteiger partial charge in [0.15, 0.2) is 11.5 Å². The lowest BCUT2D eigenvalue weighted by Crippen LogP contribution is -2.54. The second-order valence-corrected chi connectivity index (χ2v) is 10.6. The second-order valence-electron chi connectivity index (χ2n) is 10.6. The van der Waals surface area contributed by atoms with E-state index in [4.69, 9.17) is 4.98 Å². The number of pyridine rings is 2. The highest BCUT2D eigenvalue weighted by Gasteiger charge is 2.31. The standard InChI is InChI=1S/C29H30FN9O2/c1-5-23(40)36-12-13-38(18(4)15-36)27-20-14-21(30)25-22-16-37(35-34-22)11-7-6-8-19-9-10-31-24(17(2)3)26(19)39(28(20)32-25)29(41)33-27/h5-7,9-10,14,16-18H,1,8,11-13,15H2,2-4H3/b7-6-/t18-/m0/s1. The van der Waals surface area contributed by atoms with Gasteiger partial charge in [-0.05, 0) is 43.0 Å². The van der Waals surface area contributed by atoms with Crippen molar-refractivity contribution in [2.24, 2.45) is 0 Å². The summed E-state index contributed by atoms with van der Waals surface area (Å²) in [5.74, 6) is -0.458. The van der Waals surface area contributed by atoms with Crippen molar-refractivity contribution in [2.75, 3.05) is 24.5 Å². The van der Waals surface area contributed by atoms with Gasteiger partial charge >= 0.3 is 5.69 Å². The van der Waals surface area contributed by atoms with Crippen LogP contribution in [0.3, 0.4) is 0 Å². The Balaban J connectivity index is 1.65. The molecule has 41 heavy (non-hydrogen) atoms. The average Bonchev–Trinajstić information content (AvgIpc) is 3.43. The van der Waals surface area contributed by atoms with Crippen molar-refractivity contribution in [1.29, 1.82) is 0 Å². The van der Waals surface area contributed by atoms with Crippen molar-refractivity contribution in [3.63, 3.8) is 0 Å². The van der Waals surface area contributed by atoms with Gasteiger partial charge in [-0.1, -0.05) is 37.8 Å². The molecule has 11 nitrogen and oxygen atoms in total. The molecule has 12 heteroatoms. The molecule has 0 aromatic carbocycles. The van der Waals surface area contributed by atoms with E-state index in [0.29, 0.717) is 55.2 Å². The van der Waals surface area contributed by atoms with Crippen molar-refractivity contribution < 1.29 is 9.18 Å². The van der Waals surface area contributed by atoms with Crippen LogP contribution in [-0.2, 0) is 17.8 Å². The molecule has 1 amide bonds. The predicted octanol–water partition coefficient (Wildman–Crippen LogP) is 3.03. The van der Waals surface area contributed by atoms with E-state index in [-0.39, 0.29) is 34.9 Å². The molecule has 210 valence electrons. The fourth-order valence-corrected chi connectivity index (χ4v) is 5.55. The number of fused-ring (bicyclic) bond motifs is 6. The quantitative estimate of drug-likeness (QED) is 0.280. The third kappa shape index (κ3) is 4.58. The minimum Gasteiger partial charge on any atom is -0.350 e. The molecule has 0 unspecified atom stereocenters. The zero-order valence-corrected chi connectivity index (χ0v) is 23.2. The summed E-state index contributed by atoms with van der Waals surface area (Å²) in [4.78, 5) is 43.9. The molecule has 0 aliphatic carbocycles. The molecular weight excluding hydrogens is 525 g/mol. The van der Waals surface area contributed by atoms with E-state index in [1.165, 1.54) is 16.7 Å². The molecule has 1 atom stereocenters. The van der Waals surface area contributed by atoms with Crippen LogP contribution < -0.4 is 10.6 Å². The number of aromatic nitrogens is 7. The third-order valence-electron chi connectivity index (χ3n) is 7.57. The molecular formula is C29H30FN9O2. The smallest absolute Gasteiger partial charge is 0.350 e. The number of amides is 1. The first-order valence-corrected chi connectivity index (χ1v) is 13.6. The van der Waals surface area contributed by atoms with E-state index >= 15 is 4.39 Å². The number of halogens is 1. The summed E-state index contributed by atoms with van der Waals surface area (Å²) in [5.41, 5.74) is 2.13. The van der Waals surface area contributed by atoms with Crippen LogP contribution in [0.2, 0.25) is 0 Å². The van der Waals surface area contributed by atoms with Crippen LogP contribution in [0.15, 0.2) is 54.1 Å². The number of allylic oxidation sites excluding steroid dienone is 2. The molecule has 6 heterocycles. The minimum absolute atomic E-state index is 0.0109. The normalized spacial score (nSPS) is 17.6. The maximum absolute atomic E-state index is 15.8. The predicted molar refractivity (Wildman–Crippen MR) is 152 cm³/mol. The van der Waals surface area contributed by atoms with Gasteiger partial charge in [0.2, 0.25) is 5.91 Å². The third-order valence-corrected chi connectivity index (χ3v) is 7.57. The lowest BCUT2D eigenvalue weighted by Gasteiger charge is -2.40. The van der Waals surface area contributed by atoms with Gasteiger partial charge in [-0.3, -0.25) is 9.78 Å². The van der Waals surface area contributed by atoms with E-state index in [2.05, 4.69) is 26.9 Å². The van der Waals surface area contributed by atoms with Crippen LogP contribution in [-0.4, -0.2) is 71.0 Å². The van der Waals surface area contributed by atoms with Gasteiger partial charge in [-0.15, -0.1) is 5.10 Å². The number of carbonyl (C=O) groups is 1. The van der Waals surface area contributed by atoms with Crippen molar-refractivity contribution in [3.05, 3.63) is 76.9 Å². The summed E-state index contributed by atoms with van der Waals surface area (Å²) in [7, 11) is 0. The van der Waals surface area contributed by atoms with Crippen LogP contribution in [0.1, 0.15) is 37.9 Å². The highest BCUT2D eigenvalue weighted by molar-refractivity contribution is 5.91. The zero-order valence-electron chi connectivity index (χ0n) is 23.2. The van der Waals surface area contributed by atoms with Gasteiger partial charge in [-0.25, -0.2) is 23.4 Å². The summed E-state index contributed by atoms with van der Waals surface area (Å²) in [6.07, 6.45) is 9.14. The fourth-order valence-electron chi connectivity index (χ4n) is 5.55. The molecule has 2 aliphatic heterocycles. The topological polar surface area (TPSA) is 115 Å².